The van der Waals surface area contributed by atoms with Crippen LogP contribution in [-0.4, -0.2) is 71.4 Å². The monoisotopic (exact) mass is 468 g/mol. The third kappa shape index (κ3) is 6.30. The number of alkyl carbamates (subject to hydrolysis) is 1. The molecule has 0 aromatic carbocycles. The van der Waals surface area contributed by atoms with Gasteiger partial charge in [0.2, 0.25) is 0 Å². The van der Waals surface area contributed by atoms with E-state index in [0.717, 1.165) is 0 Å². The number of carbonyl (C=O) groups is 4. The number of rotatable bonds is 8. The molecule has 0 bridgehead atoms. The Labute approximate surface area is 191 Å². The minimum atomic E-state index is -0.893. The molecule has 13 heteroatoms. The van der Waals surface area contributed by atoms with Gasteiger partial charge in [-0.1, -0.05) is 5.11 Å². The van der Waals surface area contributed by atoms with Crippen LogP contribution in [0.4, 0.5) is 4.79 Å². The van der Waals surface area contributed by atoms with Gasteiger partial charge in [-0.25, -0.2) is 4.79 Å². The van der Waals surface area contributed by atoms with E-state index in [2.05, 4.69) is 33.3 Å². The van der Waals surface area contributed by atoms with Gasteiger partial charge in [0.25, 0.3) is 11.8 Å². The summed E-state index contributed by atoms with van der Waals surface area (Å²) in [6.45, 7) is 6.64. The molecule has 0 spiro atoms. The number of β-lactam (4-membered cyclic amide) rings is 1. The summed E-state index contributed by atoms with van der Waals surface area (Å²) in [7, 11) is 0. The van der Waals surface area contributed by atoms with Crippen molar-refractivity contribution in [3.8, 4) is 0 Å². The van der Waals surface area contributed by atoms with Crippen LogP contribution in [0.2, 0.25) is 0 Å². The third-order valence-electron chi connectivity index (χ3n) is 4.69. The number of hydrogen-bond donors (Lipinski definition) is 3. The summed E-state index contributed by atoms with van der Waals surface area (Å²) in [5.41, 5.74) is 8.12. The zero-order chi connectivity index (χ0) is 24.1. The average Bonchev–Trinajstić information content (AvgIpc) is 2.68. The number of fused-ring (bicyclic) bond motifs is 1. The highest BCUT2D eigenvalue weighted by atomic mass is 32.1. The fourth-order valence-corrected chi connectivity index (χ4v) is 3.98. The van der Waals surface area contributed by atoms with Crippen LogP contribution in [0, 0.1) is 0 Å². The van der Waals surface area contributed by atoms with Crippen LogP contribution in [0.3, 0.4) is 0 Å². The summed E-state index contributed by atoms with van der Waals surface area (Å²) in [5.74, 6) is -1.54. The topological polar surface area (TPSA) is 163 Å². The molecule has 3 amide bonds. The van der Waals surface area contributed by atoms with Crippen molar-refractivity contribution in [2.24, 2.45) is 5.11 Å². The van der Waals surface area contributed by atoms with Crippen LogP contribution in [0.15, 0.2) is 16.4 Å². The number of nitrogens with one attached hydrogen (secondary N) is 2. The molecule has 1 saturated heterocycles. The van der Waals surface area contributed by atoms with E-state index < -0.39 is 46.8 Å². The number of esters is 1. The zero-order valence-corrected chi connectivity index (χ0v) is 19.3. The maximum Gasteiger partial charge on any atom is 0.408 e. The van der Waals surface area contributed by atoms with Crippen LogP contribution in [0.5, 0.6) is 0 Å². The predicted molar refractivity (Wildman–Crippen MR) is 116 cm³/mol. The first-order chi connectivity index (χ1) is 15.0. The van der Waals surface area contributed by atoms with Crippen LogP contribution < -0.4 is 10.6 Å². The highest BCUT2D eigenvalue weighted by molar-refractivity contribution is 7.81. The van der Waals surface area contributed by atoms with Gasteiger partial charge in [-0.05, 0) is 44.7 Å². The van der Waals surface area contributed by atoms with E-state index in [1.165, 1.54) is 11.8 Å². The van der Waals surface area contributed by atoms with Crippen LogP contribution in [0.1, 0.15) is 40.5 Å². The van der Waals surface area contributed by atoms with Gasteiger partial charge in [0.15, 0.2) is 0 Å². The first-order valence-electron chi connectivity index (χ1n) is 10.1. The van der Waals surface area contributed by atoms with Crippen molar-refractivity contribution in [2.45, 2.75) is 63.5 Å². The minimum Gasteiger partial charge on any atom is -0.461 e. The third-order valence-corrected chi connectivity index (χ3v) is 5.18. The average molecular weight is 469 g/mol. The molecule has 2 heterocycles. The lowest BCUT2D eigenvalue weighted by Crippen LogP contribution is -2.75. The maximum atomic E-state index is 12.9. The number of amides is 3. The predicted octanol–water partition coefficient (Wildman–Crippen LogP) is 1.43. The molecule has 12 nitrogen and oxygen atoms in total. The lowest BCUT2D eigenvalue weighted by molar-refractivity contribution is -0.150. The first kappa shape index (κ1) is 25.3. The zero-order valence-electron chi connectivity index (χ0n) is 18.5. The quantitative estimate of drug-likeness (QED) is 0.0928. The van der Waals surface area contributed by atoms with Crippen molar-refractivity contribution in [2.75, 3.05) is 19.7 Å². The molecule has 0 saturated carbocycles. The number of hydrogen-bond acceptors (Lipinski definition) is 8. The smallest absolute Gasteiger partial charge is 0.408 e. The Balaban J connectivity index is 2.20. The summed E-state index contributed by atoms with van der Waals surface area (Å²) in [6, 6.07) is -1.46. The summed E-state index contributed by atoms with van der Waals surface area (Å²) in [5, 5.41) is 8.24. The molecule has 32 heavy (non-hydrogen) atoms. The van der Waals surface area contributed by atoms with Crippen molar-refractivity contribution in [1.29, 1.82) is 0 Å². The molecule has 2 N–H and O–H groups in total. The van der Waals surface area contributed by atoms with Crippen molar-refractivity contribution in [3.63, 3.8) is 0 Å². The summed E-state index contributed by atoms with van der Waals surface area (Å²) in [6.07, 6.45) is -0.0499. The maximum absolute atomic E-state index is 12.9. The number of thiol groups is 1. The standard InChI is InChI=1S/C19H28N6O6S/c1-10(26)30-9-11-8-12(32)15-13(23-18(29)31-19(2,3)4)17(28)25(15)14(11)16(27)21-6-5-7-22-24-20/h12-13,15,32H,5-9H2,1-4H3,(H,21,27)(H,23,29)/t12-,13-,15+/m1/s1. The van der Waals surface area contributed by atoms with Gasteiger partial charge < -0.3 is 20.1 Å². The van der Waals surface area contributed by atoms with Gasteiger partial charge in [0.1, 0.15) is 23.9 Å². The molecule has 2 rings (SSSR count). The minimum absolute atomic E-state index is 0.0811. The fraction of sp³-hybridized carbons (Fsp3) is 0.684. The molecule has 0 unspecified atom stereocenters. The van der Waals surface area contributed by atoms with Gasteiger partial charge in [-0.15, -0.1) is 0 Å². The fourth-order valence-electron chi connectivity index (χ4n) is 3.45. The Morgan fingerprint density at radius 3 is 2.62 bits per heavy atom. The largest absolute Gasteiger partial charge is 0.461 e. The van der Waals surface area contributed by atoms with E-state index in [0.29, 0.717) is 12.0 Å². The van der Waals surface area contributed by atoms with Crippen molar-refractivity contribution in [3.05, 3.63) is 21.7 Å². The second-order valence-electron chi connectivity index (χ2n) is 8.39. The molecule has 1 fully saturated rings. The van der Waals surface area contributed by atoms with Crippen molar-refractivity contribution >= 4 is 36.5 Å². The van der Waals surface area contributed by atoms with E-state index in [1.807, 2.05) is 0 Å². The normalized spacial score (nSPS) is 22.2. The second-order valence-corrected chi connectivity index (χ2v) is 9.05. The highest BCUT2D eigenvalue weighted by Gasteiger charge is 2.56. The van der Waals surface area contributed by atoms with E-state index in [-0.39, 0.29) is 31.8 Å². The number of carbonyl (C=O) groups excluding carboxylic acids is 4. The molecule has 3 atom stereocenters. The van der Waals surface area contributed by atoms with Gasteiger partial charge >= 0.3 is 12.1 Å². The molecule has 0 aromatic rings. The lowest BCUT2D eigenvalue weighted by atomic mass is 9.83. The summed E-state index contributed by atoms with van der Waals surface area (Å²) >= 11 is 4.56. The summed E-state index contributed by atoms with van der Waals surface area (Å²) in [4.78, 5) is 53.2. The van der Waals surface area contributed by atoms with E-state index in [1.54, 1.807) is 20.8 Å². The highest BCUT2D eigenvalue weighted by Crippen LogP contribution is 2.39. The Bertz CT molecular complexity index is 863. The number of ether oxygens (including phenoxy) is 2. The van der Waals surface area contributed by atoms with E-state index in [9.17, 15) is 19.2 Å². The Morgan fingerprint density at radius 2 is 2.03 bits per heavy atom. The Kier molecular flexibility index (Phi) is 8.39. The van der Waals surface area contributed by atoms with Crippen LogP contribution in [0.25, 0.3) is 10.4 Å². The molecule has 0 aromatic heterocycles. The molecular weight excluding hydrogens is 440 g/mol. The molecular formula is C19H28N6O6S. The SMILES string of the molecule is CC(=O)OCC1=C(C(=O)NCCCN=[N+]=[N-])N2C(=O)[C@H](NC(=O)OC(C)(C)C)[C@@H]2[C@H](S)C1. The molecule has 0 radical (unpaired) electrons. The van der Waals surface area contributed by atoms with E-state index in [4.69, 9.17) is 15.0 Å². The lowest BCUT2D eigenvalue weighted by Gasteiger charge is -2.52. The second kappa shape index (κ2) is 10.6. The van der Waals surface area contributed by atoms with Gasteiger partial charge in [-0.3, -0.25) is 19.3 Å². The Hall–Kier alpha value is -2.92. The first-order valence-corrected chi connectivity index (χ1v) is 10.6. The van der Waals surface area contributed by atoms with Crippen LogP contribution >= 0.6 is 12.6 Å². The summed E-state index contributed by atoms with van der Waals surface area (Å²) < 4.78 is 10.3. The number of nitrogens with zero attached hydrogens (tertiary/aromatic N) is 4. The van der Waals surface area contributed by atoms with Gasteiger partial charge in [-0.2, -0.15) is 12.6 Å². The Morgan fingerprint density at radius 1 is 1.34 bits per heavy atom. The molecule has 2 aliphatic heterocycles. The molecule has 2 aliphatic rings. The molecule has 176 valence electrons. The van der Waals surface area contributed by atoms with Crippen molar-refractivity contribution < 1.29 is 28.7 Å². The van der Waals surface area contributed by atoms with Crippen LogP contribution in [-0.2, 0) is 23.9 Å². The van der Waals surface area contributed by atoms with Crippen molar-refractivity contribution in [1.82, 2.24) is 15.5 Å². The number of azide groups is 1. The van der Waals surface area contributed by atoms with Gasteiger partial charge in [0, 0.05) is 30.2 Å². The van der Waals surface area contributed by atoms with E-state index >= 15 is 0 Å². The molecule has 0 aliphatic carbocycles. The van der Waals surface area contributed by atoms with Gasteiger partial charge in [0.05, 0.1) is 6.04 Å².